The average Bonchev–Trinajstić information content (AvgIpc) is 2.63. The number of nitrogens with one attached hydrogen (secondary N) is 2. The van der Waals surface area contributed by atoms with E-state index in [2.05, 4.69) is 5.32 Å². The standard InChI is InChI=1S/C19H24ClN3O3S/c1-4-23(13-15-8-6-5-7-9-15)14-19(24)21-18-12-16(10-11-17(18)20)27(25,26)22(2)3/h5-12H,4,13-14H2,1-3H3,(H,21,24)/p+1. The van der Waals surface area contributed by atoms with Gasteiger partial charge in [0.25, 0.3) is 5.91 Å². The predicted octanol–water partition coefficient (Wildman–Crippen LogP) is 1.63. The molecule has 8 heteroatoms. The molecule has 27 heavy (non-hydrogen) atoms. The third kappa shape index (κ3) is 5.77. The first-order valence-corrected chi connectivity index (χ1v) is 10.4. The zero-order valence-electron chi connectivity index (χ0n) is 15.7. The Labute approximate surface area is 165 Å². The van der Waals surface area contributed by atoms with E-state index in [0.717, 1.165) is 27.9 Å². The number of likely N-dealkylation sites (N-methyl/N-ethyl adjacent to an activating group) is 1. The SMILES string of the molecule is CC[NH+](CC(=O)Nc1cc(S(=O)(=O)N(C)C)ccc1Cl)Cc1ccccc1. The summed E-state index contributed by atoms with van der Waals surface area (Å²) in [7, 11) is -0.697. The number of halogens is 1. The Balaban J connectivity index is 2.10. The van der Waals surface area contributed by atoms with Gasteiger partial charge < -0.3 is 10.2 Å². The first-order chi connectivity index (χ1) is 12.7. The molecule has 2 aromatic rings. The molecule has 1 atom stereocenters. The summed E-state index contributed by atoms with van der Waals surface area (Å²) in [6.07, 6.45) is 0. The maximum atomic E-state index is 12.5. The lowest BCUT2D eigenvalue weighted by Gasteiger charge is -2.18. The summed E-state index contributed by atoms with van der Waals surface area (Å²) >= 11 is 6.14. The van der Waals surface area contributed by atoms with Gasteiger partial charge in [-0.2, -0.15) is 0 Å². The van der Waals surface area contributed by atoms with Crippen LogP contribution in [0.4, 0.5) is 5.69 Å². The van der Waals surface area contributed by atoms with Gasteiger partial charge in [0.15, 0.2) is 6.54 Å². The molecule has 0 heterocycles. The number of carbonyl (C=O) groups excluding carboxylic acids is 1. The Bertz CT molecular complexity index is 886. The summed E-state index contributed by atoms with van der Waals surface area (Å²) in [5.74, 6) is -0.218. The maximum Gasteiger partial charge on any atom is 0.279 e. The number of nitrogens with zero attached hydrogens (tertiary/aromatic N) is 1. The van der Waals surface area contributed by atoms with E-state index in [1.54, 1.807) is 0 Å². The molecular weight excluding hydrogens is 386 g/mol. The van der Waals surface area contributed by atoms with Crippen LogP contribution in [0.5, 0.6) is 0 Å². The van der Waals surface area contributed by atoms with E-state index in [1.807, 2.05) is 37.3 Å². The molecule has 1 unspecified atom stereocenters. The number of sulfonamides is 1. The predicted molar refractivity (Wildman–Crippen MR) is 107 cm³/mol. The van der Waals surface area contributed by atoms with Crippen molar-refractivity contribution in [3.63, 3.8) is 0 Å². The monoisotopic (exact) mass is 410 g/mol. The van der Waals surface area contributed by atoms with Gasteiger partial charge in [-0.05, 0) is 25.1 Å². The van der Waals surface area contributed by atoms with Crippen molar-refractivity contribution < 1.29 is 18.1 Å². The fourth-order valence-electron chi connectivity index (χ4n) is 2.59. The smallest absolute Gasteiger partial charge is 0.279 e. The fraction of sp³-hybridized carbons (Fsp3) is 0.316. The molecule has 0 aliphatic heterocycles. The number of amides is 1. The molecule has 0 radical (unpaired) electrons. The molecule has 6 nitrogen and oxygen atoms in total. The van der Waals surface area contributed by atoms with E-state index in [-0.39, 0.29) is 17.3 Å². The average molecular weight is 411 g/mol. The van der Waals surface area contributed by atoms with Gasteiger partial charge in [0.2, 0.25) is 10.0 Å². The van der Waals surface area contributed by atoms with E-state index >= 15 is 0 Å². The summed E-state index contributed by atoms with van der Waals surface area (Å²) in [5.41, 5.74) is 1.44. The van der Waals surface area contributed by atoms with Crippen LogP contribution in [0, 0.1) is 0 Å². The Morgan fingerprint density at radius 2 is 1.81 bits per heavy atom. The van der Waals surface area contributed by atoms with Crippen molar-refractivity contribution in [3.05, 3.63) is 59.1 Å². The number of hydrogen-bond acceptors (Lipinski definition) is 3. The highest BCUT2D eigenvalue weighted by Crippen LogP contribution is 2.26. The second-order valence-corrected chi connectivity index (χ2v) is 8.98. The van der Waals surface area contributed by atoms with Gasteiger partial charge in [0.05, 0.1) is 22.2 Å². The molecule has 1 amide bonds. The van der Waals surface area contributed by atoms with Crippen LogP contribution in [0.3, 0.4) is 0 Å². The molecule has 0 bridgehead atoms. The first-order valence-electron chi connectivity index (χ1n) is 8.63. The minimum Gasteiger partial charge on any atom is -0.324 e. The topological polar surface area (TPSA) is 70.9 Å². The Morgan fingerprint density at radius 3 is 2.41 bits per heavy atom. The van der Waals surface area contributed by atoms with Gasteiger partial charge in [0.1, 0.15) is 6.54 Å². The van der Waals surface area contributed by atoms with Crippen LogP contribution in [0.25, 0.3) is 0 Å². The minimum atomic E-state index is -3.60. The third-order valence-corrected chi connectivity index (χ3v) is 6.34. The van der Waals surface area contributed by atoms with E-state index < -0.39 is 10.0 Å². The molecule has 146 valence electrons. The van der Waals surface area contributed by atoms with Crippen molar-refractivity contribution >= 4 is 33.2 Å². The molecular formula is C19H25ClN3O3S+. The quantitative estimate of drug-likeness (QED) is 0.695. The van der Waals surface area contributed by atoms with Crippen LogP contribution in [-0.2, 0) is 21.4 Å². The van der Waals surface area contributed by atoms with E-state index in [9.17, 15) is 13.2 Å². The number of hydrogen-bond donors (Lipinski definition) is 2. The van der Waals surface area contributed by atoms with Crippen molar-refractivity contribution in [1.29, 1.82) is 0 Å². The summed E-state index contributed by atoms with van der Waals surface area (Å²) < 4.78 is 25.7. The molecule has 0 saturated heterocycles. The molecule has 0 fully saturated rings. The minimum absolute atomic E-state index is 0.0798. The highest BCUT2D eigenvalue weighted by molar-refractivity contribution is 7.89. The van der Waals surface area contributed by atoms with Crippen LogP contribution in [0.15, 0.2) is 53.4 Å². The van der Waals surface area contributed by atoms with Gasteiger partial charge in [-0.15, -0.1) is 0 Å². The number of benzene rings is 2. The Hall–Kier alpha value is -1.93. The molecule has 2 aromatic carbocycles. The second kappa shape index (κ2) is 9.32. The third-order valence-electron chi connectivity index (χ3n) is 4.20. The Kier molecular flexibility index (Phi) is 7.38. The molecule has 0 aromatic heterocycles. The molecule has 0 spiro atoms. The number of anilines is 1. The van der Waals surface area contributed by atoms with E-state index in [4.69, 9.17) is 11.6 Å². The van der Waals surface area contributed by atoms with E-state index in [0.29, 0.717) is 10.7 Å². The lowest BCUT2D eigenvalue weighted by Crippen LogP contribution is -3.11. The molecule has 2 rings (SSSR count). The van der Waals surface area contributed by atoms with Crippen molar-refractivity contribution in [2.45, 2.75) is 18.4 Å². The molecule has 0 saturated carbocycles. The lowest BCUT2D eigenvalue weighted by atomic mass is 10.2. The van der Waals surface area contributed by atoms with Crippen molar-refractivity contribution in [2.75, 3.05) is 32.5 Å². The van der Waals surface area contributed by atoms with Crippen LogP contribution < -0.4 is 10.2 Å². The summed E-state index contributed by atoms with van der Waals surface area (Å²) in [6.45, 7) is 3.79. The van der Waals surface area contributed by atoms with Gasteiger partial charge in [0, 0.05) is 19.7 Å². The van der Waals surface area contributed by atoms with Crippen LogP contribution >= 0.6 is 11.6 Å². The van der Waals surface area contributed by atoms with Crippen molar-refractivity contribution in [1.82, 2.24) is 4.31 Å². The number of rotatable bonds is 8. The Morgan fingerprint density at radius 1 is 1.15 bits per heavy atom. The first kappa shape index (κ1) is 21.4. The fourth-order valence-corrected chi connectivity index (χ4v) is 3.68. The highest BCUT2D eigenvalue weighted by Gasteiger charge is 2.20. The molecule has 0 aliphatic carbocycles. The van der Waals surface area contributed by atoms with Crippen molar-refractivity contribution in [3.8, 4) is 0 Å². The van der Waals surface area contributed by atoms with E-state index in [1.165, 1.54) is 32.3 Å². The number of quaternary nitrogens is 1. The van der Waals surface area contributed by atoms with Gasteiger partial charge in [-0.1, -0.05) is 41.9 Å². The van der Waals surface area contributed by atoms with Gasteiger partial charge in [-0.25, -0.2) is 12.7 Å². The lowest BCUT2D eigenvalue weighted by molar-refractivity contribution is -0.903. The van der Waals surface area contributed by atoms with Gasteiger partial charge >= 0.3 is 0 Å². The van der Waals surface area contributed by atoms with Gasteiger partial charge in [-0.3, -0.25) is 4.79 Å². The second-order valence-electron chi connectivity index (χ2n) is 6.42. The summed E-state index contributed by atoms with van der Waals surface area (Å²) in [5, 5.41) is 3.03. The summed E-state index contributed by atoms with van der Waals surface area (Å²) in [4.78, 5) is 13.6. The molecule has 0 aliphatic rings. The van der Waals surface area contributed by atoms with Crippen LogP contribution in [-0.4, -0.2) is 45.8 Å². The summed E-state index contributed by atoms with van der Waals surface area (Å²) in [6, 6.07) is 14.2. The highest BCUT2D eigenvalue weighted by atomic mass is 35.5. The normalized spacial score (nSPS) is 12.8. The number of carbonyl (C=O) groups is 1. The molecule has 2 N–H and O–H groups in total. The van der Waals surface area contributed by atoms with Crippen LogP contribution in [0.2, 0.25) is 5.02 Å². The zero-order chi connectivity index (χ0) is 20.0. The zero-order valence-corrected chi connectivity index (χ0v) is 17.3. The largest absolute Gasteiger partial charge is 0.324 e. The van der Waals surface area contributed by atoms with Crippen LogP contribution in [0.1, 0.15) is 12.5 Å². The maximum absolute atomic E-state index is 12.5. The van der Waals surface area contributed by atoms with Crippen molar-refractivity contribution in [2.24, 2.45) is 0 Å².